The van der Waals surface area contributed by atoms with Gasteiger partial charge in [-0.15, -0.1) is 24.0 Å². The smallest absolute Gasteiger partial charge is 0.251 e. The predicted octanol–water partition coefficient (Wildman–Crippen LogP) is 2.31. The highest BCUT2D eigenvalue weighted by Crippen LogP contribution is 2.20. The highest BCUT2D eigenvalue weighted by atomic mass is 127. The minimum atomic E-state index is -0.0988. The molecule has 7 nitrogen and oxygen atoms in total. The monoisotopic (exact) mass is 521 g/mol. The number of anilines is 1. The van der Waals surface area contributed by atoms with Crippen LogP contribution in [0.2, 0.25) is 0 Å². The second-order valence-electron chi connectivity index (χ2n) is 7.01. The quantitative estimate of drug-likeness (QED) is 0.236. The Morgan fingerprint density at radius 2 is 1.83 bits per heavy atom. The van der Waals surface area contributed by atoms with Crippen LogP contribution in [0.5, 0.6) is 0 Å². The normalized spacial score (nSPS) is 16.1. The molecule has 2 amide bonds. The number of carbonyl (C=O) groups excluding carboxylic acids is 2. The van der Waals surface area contributed by atoms with E-state index >= 15 is 0 Å². The van der Waals surface area contributed by atoms with Crippen molar-refractivity contribution < 1.29 is 9.59 Å². The summed E-state index contributed by atoms with van der Waals surface area (Å²) in [5.74, 6) is 0.607. The van der Waals surface area contributed by atoms with Crippen molar-refractivity contribution in [1.82, 2.24) is 16.0 Å². The molecule has 0 spiro atoms. The number of rotatable bonds is 6. The second-order valence-corrected chi connectivity index (χ2v) is 7.01. The maximum Gasteiger partial charge on any atom is 0.251 e. The lowest BCUT2D eigenvalue weighted by Gasteiger charge is -2.19. The Hall–Kier alpha value is -2.62. The lowest BCUT2D eigenvalue weighted by Crippen LogP contribution is -2.46. The lowest BCUT2D eigenvalue weighted by molar-refractivity contribution is -0.117. The van der Waals surface area contributed by atoms with Crippen molar-refractivity contribution >= 4 is 47.4 Å². The van der Waals surface area contributed by atoms with Crippen LogP contribution in [0.25, 0.3) is 0 Å². The molecule has 8 heteroatoms. The Morgan fingerprint density at radius 3 is 2.53 bits per heavy atom. The average molecular weight is 521 g/mol. The number of para-hydroxylation sites is 1. The Bertz CT molecular complexity index is 888. The number of carbonyl (C=O) groups is 2. The topological polar surface area (TPSA) is 85.8 Å². The SMILES string of the molecule is CN=C(NCCNC(=O)c1cccc(C)c1)NC1CC(=O)N(c2ccccc2)C1.I. The summed E-state index contributed by atoms with van der Waals surface area (Å²) < 4.78 is 0. The van der Waals surface area contributed by atoms with Gasteiger partial charge >= 0.3 is 0 Å². The van der Waals surface area contributed by atoms with Crippen molar-refractivity contribution in [2.24, 2.45) is 4.99 Å². The third-order valence-corrected chi connectivity index (χ3v) is 4.74. The molecular weight excluding hydrogens is 493 g/mol. The number of hydrogen-bond acceptors (Lipinski definition) is 3. The van der Waals surface area contributed by atoms with Crippen molar-refractivity contribution in [2.45, 2.75) is 19.4 Å². The van der Waals surface area contributed by atoms with Gasteiger partial charge in [-0.25, -0.2) is 0 Å². The van der Waals surface area contributed by atoms with Crippen molar-refractivity contribution in [2.75, 3.05) is 31.6 Å². The maximum atomic E-state index is 12.3. The summed E-state index contributed by atoms with van der Waals surface area (Å²) in [5, 5.41) is 9.35. The van der Waals surface area contributed by atoms with E-state index in [1.807, 2.05) is 55.5 Å². The summed E-state index contributed by atoms with van der Waals surface area (Å²) in [6.45, 7) is 3.54. The van der Waals surface area contributed by atoms with Gasteiger partial charge in [-0.05, 0) is 31.2 Å². The van der Waals surface area contributed by atoms with Crippen molar-refractivity contribution in [1.29, 1.82) is 0 Å². The van der Waals surface area contributed by atoms with Gasteiger partial charge in [0.25, 0.3) is 5.91 Å². The Morgan fingerprint density at radius 1 is 1.10 bits per heavy atom. The van der Waals surface area contributed by atoms with Gasteiger partial charge in [0.2, 0.25) is 5.91 Å². The molecule has 0 aromatic heterocycles. The van der Waals surface area contributed by atoms with Crippen LogP contribution >= 0.6 is 24.0 Å². The standard InChI is InChI=1S/C22H27N5O2.HI/c1-16-7-6-8-17(13-16)21(29)24-11-12-25-22(23-2)26-18-14-20(28)27(15-18)19-9-4-3-5-10-19;/h3-10,13,18H,11-12,14-15H2,1-2H3,(H,24,29)(H2,23,25,26);1H. The molecule has 1 fully saturated rings. The van der Waals surface area contributed by atoms with Crippen LogP contribution in [0.3, 0.4) is 0 Å². The molecular formula is C22H28IN5O2. The molecule has 0 radical (unpaired) electrons. The van der Waals surface area contributed by atoms with E-state index in [2.05, 4.69) is 20.9 Å². The van der Waals surface area contributed by atoms with Crippen molar-refractivity contribution in [3.05, 3.63) is 65.7 Å². The second kappa shape index (κ2) is 11.5. The minimum Gasteiger partial charge on any atom is -0.355 e. The van der Waals surface area contributed by atoms with Crippen LogP contribution in [0.1, 0.15) is 22.3 Å². The molecule has 3 N–H and O–H groups in total. The van der Waals surface area contributed by atoms with Gasteiger partial charge in [-0.2, -0.15) is 0 Å². The number of hydrogen-bond donors (Lipinski definition) is 3. The van der Waals surface area contributed by atoms with Crippen LogP contribution in [0.15, 0.2) is 59.6 Å². The lowest BCUT2D eigenvalue weighted by atomic mass is 10.1. The first kappa shape index (κ1) is 23.7. The summed E-state index contributed by atoms with van der Waals surface area (Å²) in [5.41, 5.74) is 2.61. The number of aryl methyl sites for hydroxylation is 1. The fourth-order valence-electron chi connectivity index (χ4n) is 3.30. The van der Waals surface area contributed by atoms with E-state index in [4.69, 9.17) is 0 Å². The van der Waals surface area contributed by atoms with E-state index < -0.39 is 0 Å². The van der Waals surface area contributed by atoms with Crippen molar-refractivity contribution in [3.8, 4) is 0 Å². The number of halogens is 1. The molecule has 1 atom stereocenters. The van der Waals surface area contributed by atoms with E-state index in [0.717, 1.165) is 11.3 Å². The molecule has 0 aliphatic carbocycles. The zero-order valence-electron chi connectivity index (χ0n) is 17.2. The van der Waals surface area contributed by atoms with E-state index in [0.29, 0.717) is 37.6 Å². The summed E-state index contributed by atoms with van der Waals surface area (Å²) in [7, 11) is 1.69. The fourth-order valence-corrected chi connectivity index (χ4v) is 3.30. The number of nitrogens with one attached hydrogen (secondary N) is 3. The Kier molecular flexibility index (Phi) is 9.10. The minimum absolute atomic E-state index is 0. The van der Waals surface area contributed by atoms with Crippen molar-refractivity contribution in [3.63, 3.8) is 0 Å². The zero-order valence-corrected chi connectivity index (χ0v) is 19.6. The predicted molar refractivity (Wildman–Crippen MR) is 131 cm³/mol. The number of nitrogens with zero attached hydrogens (tertiary/aromatic N) is 2. The van der Waals surface area contributed by atoms with E-state index in [9.17, 15) is 9.59 Å². The largest absolute Gasteiger partial charge is 0.355 e. The number of guanidine groups is 1. The van der Waals surface area contributed by atoms with E-state index in [1.54, 1.807) is 18.0 Å². The van der Waals surface area contributed by atoms with Gasteiger partial charge in [0.15, 0.2) is 5.96 Å². The van der Waals surface area contributed by atoms with Crippen LogP contribution < -0.4 is 20.9 Å². The van der Waals surface area contributed by atoms with Gasteiger partial charge in [0, 0.05) is 44.4 Å². The van der Waals surface area contributed by atoms with Gasteiger partial charge in [0.1, 0.15) is 0 Å². The molecule has 3 rings (SSSR count). The average Bonchev–Trinajstić information content (AvgIpc) is 3.10. The van der Waals surface area contributed by atoms with Gasteiger partial charge in [-0.3, -0.25) is 14.6 Å². The molecule has 1 aliphatic rings. The first-order chi connectivity index (χ1) is 14.1. The first-order valence-corrected chi connectivity index (χ1v) is 9.74. The first-order valence-electron chi connectivity index (χ1n) is 9.74. The third kappa shape index (κ3) is 6.45. The Balaban J connectivity index is 0.00000320. The van der Waals surface area contributed by atoms with Crippen LogP contribution in [-0.2, 0) is 4.79 Å². The summed E-state index contributed by atoms with van der Waals surface area (Å²) in [4.78, 5) is 30.5. The van der Waals surface area contributed by atoms with Gasteiger partial charge in [-0.1, -0.05) is 35.9 Å². The van der Waals surface area contributed by atoms with Crippen LogP contribution in [0, 0.1) is 6.92 Å². The summed E-state index contributed by atoms with van der Waals surface area (Å²) in [6, 6.07) is 17.1. The molecule has 160 valence electrons. The highest BCUT2D eigenvalue weighted by molar-refractivity contribution is 14.0. The summed E-state index contributed by atoms with van der Waals surface area (Å²) >= 11 is 0. The van der Waals surface area contributed by atoms with Crippen LogP contribution in [0.4, 0.5) is 5.69 Å². The van der Waals surface area contributed by atoms with Crippen LogP contribution in [-0.4, -0.2) is 50.5 Å². The zero-order chi connectivity index (χ0) is 20.6. The molecule has 2 aromatic rings. The fraction of sp³-hybridized carbons (Fsp3) is 0.318. The molecule has 1 aliphatic heterocycles. The number of amides is 2. The highest BCUT2D eigenvalue weighted by Gasteiger charge is 2.30. The molecule has 30 heavy (non-hydrogen) atoms. The van der Waals surface area contributed by atoms with Gasteiger partial charge < -0.3 is 20.9 Å². The number of aliphatic imine (C=N–C) groups is 1. The van der Waals surface area contributed by atoms with Gasteiger partial charge in [0.05, 0.1) is 6.04 Å². The molecule has 2 aromatic carbocycles. The molecule has 1 saturated heterocycles. The Labute approximate surface area is 194 Å². The third-order valence-electron chi connectivity index (χ3n) is 4.74. The molecule has 0 bridgehead atoms. The maximum absolute atomic E-state index is 12.3. The van der Waals surface area contributed by atoms with E-state index in [1.165, 1.54) is 0 Å². The molecule has 0 saturated carbocycles. The number of benzene rings is 2. The molecule has 1 heterocycles. The molecule has 1 unspecified atom stereocenters. The van der Waals surface area contributed by atoms with E-state index in [-0.39, 0.29) is 41.8 Å². The summed E-state index contributed by atoms with van der Waals surface area (Å²) in [6.07, 6.45) is 0.416.